The van der Waals surface area contributed by atoms with Crippen molar-refractivity contribution in [3.63, 3.8) is 0 Å². The first kappa shape index (κ1) is 17.2. The van der Waals surface area contributed by atoms with Crippen LogP contribution in [0.2, 0.25) is 5.02 Å². The average Bonchev–Trinajstić information content (AvgIpc) is 2.58. The molecule has 24 heavy (non-hydrogen) atoms. The van der Waals surface area contributed by atoms with Crippen LogP contribution in [0.25, 0.3) is 0 Å². The highest BCUT2D eigenvalue weighted by Gasteiger charge is 2.16. The fraction of sp³-hybridized carbons (Fsp3) is 0.294. The van der Waals surface area contributed by atoms with Gasteiger partial charge in [-0.3, -0.25) is 4.79 Å². The van der Waals surface area contributed by atoms with Gasteiger partial charge < -0.3 is 15.1 Å². The minimum absolute atomic E-state index is 0.254. The first-order valence-corrected chi connectivity index (χ1v) is 8.86. The van der Waals surface area contributed by atoms with E-state index in [-0.39, 0.29) is 5.91 Å². The van der Waals surface area contributed by atoms with E-state index in [1.807, 2.05) is 12.1 Å². The van der Waals surface area contributed by atoms with Crippen molar-refractivity contribution < 1.29 is 4.79 Å². The summed E-state index contributed by atoms with van der Waals surface area (Å²) in [4.78, 5) is 21.4. The summed E-state index contributed by atoms with van der Waals surface area (Å²) in [5.74, 6) is 0.678. The number of nitrogens with one attached hydrogen (secondary N) is 1. The molecule has 1 aliphatic rings. The van der Waals surface area contributed by atoms with Crippen LogP contribution in [0, 0.1) is 0 Å². The number of pyridine rings is 1. The fourth-order valence-corrected chi connectivity index (χ4v) is 3.12. The number of likely N-dealkylation sites (N-methyl/N-ethyl adjacent to an activating group) is 1. The third-order valence-corrected chi connectivity index (χ3v) is 4.83. The van der Waals surface area contributed by atoms with E-state index < -0.39 is 0 Å². The molecule has 126 valence electrons. The number of aromatic nitrogens is 1. The van der Waals surface area contributed by atoms with Gasteiger partial charge in [-0.1, -0.05) is 27.5 Å². The second kappa shape index (κ2) is 7.51. The summed E-state index contributed by atoms with van der Waals surface area (Å²) in [5.41, 5.74) is 1.07. The molecule has 0 bridgehead atoms. The molecule has 1 aromatic carbocycles. The van der Waals surface area contributed by atoms with Crippen LogP contribution in [0.4, 0.5) is 11.5 Å². The molecule has 7 heteroatoms. The van der Waals surface area contributed by atoms with Crippen LogP contribution in [0.3, 0.4) is 0 Å². The van der Waals surface area contributed by atoms with Crippen molar-refractivity contribution in [3.05, 3.63) is 51.6 Å². The van der Waals surface area contributed by atoms with Crippen molar-refractivity contribution in [3.8, 4) is 0 Å². The monoisotopic (exact) mass is 408 g/mol. The zero-order valence-corrected chi connectivity index (χ0v) is 15.6. The molecule has 0 radical (unpaired) electrons. The molecule has 0 aliphatic carbocycles. The number of benzene rings is 1. The molecule has 1 N–H and O–H groups in total. The molecule has 1 aliphatic heterocycles. The summed E-state index contributed by atoms with van der Waals surface area (Å²) in [6, 6.07) is 8.98. The lowest BCUT2D eigenvalue weighted by atomic mass is 10.2. The minimum Gasteiger partial charge on any atom is -0.354 e. The van der Waals surface area contributed by atoms with E-state index in [1.54, 1.807) is 24.4 Å². The highest BCUT2D eigenvalue weighted by molar-refractivity contribution is 9.10. The van der Waals surface area contributed by atoms with Crippen LogP contribution in [0.1, 0.15) is 10.4 Å². The molecule has 1 fully saturated rings. The van der Waals surface area contributed by atoms with Crippen LogP contribution in [0.15, 0.2) is 41.0 Å². The van der Waals surface area contributed by atoms with Gasteiger partial charge in [0.2, 0.25) is 0 Å². The molecule has 0 unspecified atom stereocenters. The quantitative estimate of drug-likeness (QED) is 0.843. The van der Waals surface area contributed by atoms with Gasteiger partial charge in [-0.2, -0.15) is 0 Å². The number of carbonyl (C=O) groups is 1. The number of hydrogen-bond acceptors (Lipinski definition) is 4. The van der Waals surface area contributed by atoms with Gasteiger partial charge >= 0.3 is 0 Å². The van der Waals surface area contributed by atoms with Gasteiger partial charge in [-0.25, -0.2) is 4.98 Å². The van der Waals surface area contributed by atoms with Crippen molar-refractivity contribution >= 4 is 44.9 Å². The first-order chi connectivity index (χ1) is 11.5. The molecular weight excluding hydrogens is 392 g/mol. The molecule has 3 rings (SSSR count). The van der Waals surface area contributed by atoms with E-state index in [1.165, 1.54) is 0 Å². The lowest BCUT2D eigenvalue weighted by molar-refractivity contribution is 0.102. The highest BCUT2D eigenvalue weighted by Crippen LogP contribution is 2.22. The van der Waals surface area contributed by atoms with E-state index in [2.05, 4.69) is 43.1 Å². The summed E-state index contributed by atoms with van der Waals surface area (Å²) >= 11 is 9.44. The van der Waals surface area contributed by atoms with Crippen LogP contribution >= 0.6 is 27.5 Å². The van der Waals surface area contributed by atoms with E-state index in [9.17, 15) is 4.79 Å². The lowest BCUT2D eigenvalue weighted by Crippen LogP contribution is -2.44. The van der Waals surface area contributed by atoms with Crippen molar-refractivity contribution in [1.82, 2.24) is 9.88 Å². The van der Waals surface area contributed by atoms with Gasteiger partial charge in [0.25, 0.3) is 5.91 Å². The number of amides is 1. The van der Waals surface area contributed by atoms with Crippen LogP contribution in [-0.4, -0.2) is 49.0 Å². The molecule has 0 atom stereocenters. The average molecular weight is 410 g/mol. The number of piperazine rings is 1. The van der Waals surface area contributed by atoms with Crippen LogP contribution in [-0.2, 0) is 0 Å². The Kier molecular flexibility index (Phi) is 5.38. The third-order valence-electron chi connectivity index (χ3n) is 4.01. The molecule has 1 saturated heterocycles. The molecule has 1 aromatic heterocycles. The van der Waals surface area contributed by atoms with Gasteiger partial charge in [0.15, 0.2) is 0 Å². The second-order valence-electron chi connectivity index (χ2n) is 5.77. The highest BCUT2D eigenvalue weighted by atomic mass is 79.9. The topological polar surface area (TPSA) is 48.5 Å². The molecule has 2 aromatic rings. The van der Waals surface area contributed by atoms with Crippen LogP contribution in [0.5, 0.6) is 0 Å². The number of carbonyl (C=O) groups excluding carboxylic acids is 1. The van der Waals surface area contributed by atoms with Gasteiger partial charge in [0, 0.05) is 30.7 Å². The lowest BCUT2D eigenvalue weighted by Gasteiger charge is -2.33. The molecule has 5 nitrogen and oxygen atoms in total. The summed E-state index contributed by atoms with van der Waals surface area (Å²) in [6.45, 7) is 3.98. The zero-order chi connectivity index (χ0) is 17.1. The summed E-state index contributed by atoms with van der Waals surface area (Å²) in [6.07, 6.45) is 1.68. The van der Waals surface area contributed by atoms with Crippen molar-refractivity contribution in [1.29, 1.82) is 0 Å². The fourth-order valence-electron chi connectivity index (χ4n) is 2.55. The molecule has 2 heterocycles. The Labute approximate surface area is 154 Å². The Hall–Kier alpha value is -1.63. The van der Waals surface area contributed by atoms with E-state index in [0.29, 0.717) is 16.3 Å². The van der Waals surface area contributed by atoms with Crippen molar-refractivity contribution in [2.45, 2.75) is 0 Å². The Balaban J connectivity index is 1.68. The van der Waals surface area contributed by atoms with Crippen molar-refractivity contribution in [2.75, 3.05) is 43.4 Å². The standard InChI is InChI=1S/C17H18BrClN4O/c1-22-6-8-23(9-7-22)16-5-3-13(11-20-16)21-17(24)14-10-12(18)2-4-15(14)19/h2-5,10-11H,6-9H2,1H3,(H,21,24). The Bertz CT molecular complexity index is 730. The van der Waals surface area contributed by atoms with E-state index in [4.69, 9.17) is 11.6 Å². The third kappa shape index (κ3) is 4.06. The summed E-state index contributed by atoms with van der Waals surface area (Å²) < 4.78 is 0.806. The predicted molar refractivity (Wildman–Crippen MR) is 101 cm³/mol. The zero-order valence-electron chi connectivity index (χ0n) is 13.3. The molecule has 0 spiro atoms. The van der Waals surface area contributed by atoms with Crippen molar-refractivity contribution in [2.24, 2.45) is 0 Å². The number of rotatable bonds is 3. The Morgan fingerprint density at radius 1 is 1.21 bits per heavy atom. The van der Waals surface area contributed by atoms with Gasteiger partial charge in [0.1, 0.15) is 5.82 Å². The first-order valence-electron chi connectivity index (χ1n) is 7.69. The Morgan fingerprint density at radius 3 is 2.62 bits per heavy atom. The number of hydrogen-bond donors (Lipinski definition) is 1. The smallest absolute Gasteiger partial charge is 0.257 e. The number of anilines is 2. The maximum atomic E-state index is 12.3. The molecular formula is C17H18BrClN4O. The van der Waals surface area contributed by atoms with E-state index >= 15 is 0 Å². The minimum atomic E-state index is -0.254. The van der Waals surface area contributed by atoms with Gasteiger partial charge in [-0.15, -0.1) is 0 Å². The predicted octanol–water partition coefficient (Wildman–Crippen LogP) is 3.50. The maximum Gasteiger partial charge on any atom is 0.257 e. The SMILES string of the molecule is CN1CCN(c2ccc(NC(=O)c3cc(Br)ccc3Cl)cn2)CC1. The second-order valence-corrected chi connectivity index (χ2v) is 7.10. The maximum absolute atomic E-state index is 12.3. The number of nitrogens with zero attached hydrogens (tertiary/aromatic N) is 3. The van der Waals surface area contributed by atoms with Crippen LogP contribution < -0.4 is 10.2 Å². The summed E-state index contributed by atoms with van der Waals surface area (Å²) in [5, 5.41) is 3.24. The number of halogens is 2. The largest absolute Gasteiger partial charge is 0.354 e. The molecule has 0 saturated carbocycles. The Morgan fingerprint density at radius 2 is 1.96 bits per heavy atom. The van der Waals surface area contributed by atoms with E-state index in [0.717, 1.165) is 36.5 Å². The van der Waals surface area contributed by atoms with Gasteiger partial charge in [-0.05, 0) is 37.4 Å². The molecule has 1 amide bonds. The van der Waals surface area contributed by atoms with Gasteiger partial charge in [0.05, 0.1) is 22.5 Å². The normalized spacial score (nSPS) is 15.4. The summed E-state index contributed by atoms with van der Waals surface area (Å²) in [7, 11) is 2.12.